The molecule has 0 bridgehead atoms. The zero-order valence-corrected chi connectivity index (χ0v) is 16.5. The van der Waals surface area contributed by atoms with Crippen molar-refractivity contribution in [1.82, 2.24) is 15.8 Å². The molecular formula is C20H17F2N3O4S. The maximum Gasteiger partial charge on any atom is 0.289 e. The van der Waals surface area contributed by atoms with E-state index < -0.39 is 23.7 Å². The molecule has 1 heterocycles. The number of nitrogens with one attached hydrogen (secondary N) is 2. The lowest BCUT2D eigenvalue weighted by molar-refractivity contribution is -0.128. The van der Waals surface area contributed by atoms with Crippen molar-refractivity contribution in [3.63, 3.8) is 0 Å². The van der Waals surface area contributed by atoms with Gasteiger partial charge in [0.05, 0.1) is 0 Å². The van der Waals surface area contributed by atoms with Crippen LogP contribution in [-0.4, -0.2) is 22.9 Å². The molecule has 3 rings (SSSR count). The topological polar surface area (TPSA) is 89.6 Å². The molecule has 7 nitrogen and oxygen atoms in total. The maximum absolute atomic E-state index is 13.6. The molecular weight excluding hydrogens is 416 g/mol. The van der Waals surface area contributed by atoms with Gasteiger partial charge in [0, 0.05) is 5.38 Å². The number of carbonyl (C=O) groups excluding carboxylic acids is 2. The van der Waals surface area contributed by atoms with Gasteiger partial charge in [0.15, 0.2) is 17.7 Å². The molecule has 1 atom stereocenters. The lowest BCUT2D eigenvalue weighted by Crippen LogP contribution is -2.47. The molecule has 3 aromatic rings. The first-order valence-electron chi connectivity index (χ1n) is 8.76. The van der Waals surface area contributed by atoms with Crippen LogP contribution in [0.2, 0.25) is 0 Å². The zero-order valence-electron chi connectivity index (χ0n) is 15.7. The van der Waals surface area contributed by atoms with E-state index in [0.29, 0.717) is 10.8 Å². The van der Waals surface area contributed by atoms with Gasteiger partial charge in [-0.25, -0.2) is 13.8 Å². The first kappa shape index (κ1) is 21.2. The molecule has 0 aliphatic rings. The third-order valence-corrected chi connectivity index (χ3v) is 4.59. The molecule has 0 saturated carbocycles. The molecule has 0 aliphatic carbocycles. The summed E-state index contributed by atoms with van der Waals surface area (Å²) >= 11 is 1.19. The third kappa shape index (κ3) is 5.74. The Morgan fingerprint density at radius 3 is 2.57 bits per heavy atom. The highest BCUT2D eigenvalue weighted by Gasteiger charge is 2.18. The molecule has 2 N–H and O–H groups in total. The number of aromatic nitrogens is 1. The summed E-state index contributed by atoms with van der Waals surface area (Å²) in [6.07, 6.45) is -1.04. The number of nitrogens with zero attached hydrogens (tertiary/aromatic N) is 1. The molecule has 0 spiro atoms. The Labute approximate surface area is 174 Å². The standard InChI is InChI=1S/C20H17F2N3O4S/c1-12(29-17-5-3-2-4-15(17)22)19(26)24-25-20(27)16-11-30-18(23-16)10-28-14-8-6-13(21)7-9-14/h2-9,11-12H,10H2,1H3,(H,24,26)(H,25,27)/t12-/m0/s1. The van der Waals surface area contributed by atoms with Crippen LogP contribution in [0.15, 0.2) is 53.9 Å². The molecule has 0 fully saturated rings. The Balaban J connectivity index is 1.47. The van der Waals surface area contributed by atoms with E-state index in [1.807, 2.05) is 0 Å². The summed E-state index contributed by atoms with van der Waals surface area (Å²) in [5.41, 5.74) is 4.51. The van der Waals surface area contributed by atoms with E-state index in [-0.39, 0.29) is 23.9 Å². The van der Waals surface area contributed by atoms with Crippen molar-refractivity contribution in [2.75, 3.05) is 0 Å². The van der Waals surface area contributed by atoms with Gasteiger partial charge in [-0.05, 0) is 43.3 Å². The zero-order chi connectivity index (χ0) is 21.5. The summed E-state index contributed by atoms with van der Waals surface area (Å²) in [4.78, 5) is 28.3. The van der Waals surface area contributed by atoms with Crippen molar-refractivity contribution in [2.24, 2.45) is 0 Å². The van der Waals surface area contributed by atoms with Gasteiger partial charge in [-0.2, -0.15) is 0 Å². The molecule has 156 valence electrons. The van der Waals surface area contributed by atoms with Crippen LogP contribution < -0.4 is 20.3 Å². The van der Waals surface area contributed by atoms with Crippen LogP contribution in [0.5, 0.6) is 11.5 Å². The number of benzene rings is 2. The Kier molecular flexibility index (Phi) is 6.91. The predicted molar refractivity (Wildman–Crippen MR) is 105 cm³/mol. The second-order valence-electron chi connectivity index (χ2n) is 6.00. The van der Waals surface area contributed by atoms with Gasteiger partial charge in [-0.15, -0.1) is 11.3 Å². The summed E-state index contributed by atoms with van der Waals surface area (Å²) in [5.74, 6) is -1.87. The molecule has 2 amide bonds. The van der Waals surface area contributed by atoms with E-state index in [0.717, 1.165) is 0 Å². The molecule has 0 unspecified atom stereocenters. The van der Waals surface area contributed by atoms with E-state index in [1.54, 1.807) is 6.07 Å². The summed E-state index contributed by atoms with van der Waals surface area (Å²) in [7, 11) is 0. The number of ether oxygens (including phenoxy) is 2. The molecule has 30 heavy (non-hydrogen) atoms. The van der Waals surface area contributed by atoms with Crippen molar-refractivity contribution in [3.8, 4) is 11.5 Å². The van der Waals surface area contributed by atoms with Crippen molar-refractivity contribution in [2.45, 2.75) is 19.6 Å². The summed E-state index contributed by atoms with van der Waals surface area (Å²) in [6, 6.07) is 11.2. The summed E-state index contributed by atoms with van der Waals surface area (Å²) in [5, 5.41) is 2.02. The lowest BCUT2D eigenvalue weighted by Gasteiger charge is -2.15. The van der Waals surface area contributed by atoms with E-state index in [9.17, 15) is 18.4 Å². The minimum atomic E-state index is -1.04. The number of thiazole rings is 1. The van der Waals surface area contributed by atoms with Gasteiger partial charge in [0.1, 0.15) is 28.9 Å². The number of para-hydroxylation sites is 1. The normalized spacial score (nSPS) is 11.4. The number of carbonyl (C=O) groups is 2. The van der Waals surface area contributed by atoms with Crippen LogP contribution >= 0.6 is 11.3 Å². The quantitative estimate of drug-likeness (QED) is 0.559. The number of hydrazine groups is 1. The lowest BCUT2D eigenvalue weighted by atomic mass is 10.3. The van der Waals surface area contributed by atoms with Crippen LogP contribution in [0.3, 0.4) is 0 Å². The van der Waals surface area contributed by atoms with Gasteiger partial charge in [-0.1, -0.05) is 12.1 Å². The number of rotatable bonds is 7. The Hall–Kier alpha value is -3.53. The van der Waals surface area contributed by atoms with E-state index >= 15 is 0 Å². The van der Waals surface area contributed by atoms with Crippen molar-refractivity contribution >= 4 is 23.2 Å². The fraction of sp³-hybridized carbons (Fsp3) is 0.150. The SMILES string of the molecule is C[C@H](Oc1ccccc1F)C(=O)NNC(=O)c1csc(COc2ccc(F)cc2)n1. The highest BCUT2D eigenvalue weighted by molar-refractivity contribution is 7.09. The second-order valence-corrected chi connectivity index (χ2v) is 6.95. The average molecular weight is 433 g/mol. The van der Waals surface area contributed by atoms with Gasteiger partial charge in [0.2, 0.25) is 0 Å². The van der Waals surface area contributed by atoms with E-state index in [4.69, 9.17) is 9.47 Å². The summed E-state index contributed by atoms with van der Waals surface area (Å²) < 4.78 is 37.2. The van der Waals surface area contributed by atoms with Gasteiger partial charge < -0.3 is 9.47 Å². The molecule has 10 heteroatoms. The Morgan fingerprint density at radius 2 is 1.83 bits per heavy atom. The Morgan fingerprint density at radius 1 is 1.10 bits per heavy atom. The number of hydrogen-bond donors (Lipinski definition) is 2. The molecule has 0 aliphatic heterocycles. The third-order valence-electron chi connectivity index (χ3n) is 3.77. The van der Waals surface area contributed by atoms with Crippen molar-refractivity contribution < 1.29 is 27.8 Å². The van der Waals surface area contributed by atoms with E-state index in [1.165, 1.54) is 66.1 Å². The van der Waals surface area contributed by atoms with Gasteiger partial charge >= 0.3 is 0 Å². The predicted octanol–water partition coefficient (Wildman–Crippen LogP) is 3.23. The average Bonchev–Trinajstić information content (AvgIpc) is 3.22. The fourth-order valence-electron chi connectivity index (χ4n) is 2.23. The molecule has 0 saturated heterocycles. The fourth-order valence-corrected chi connectivity index (χ4v) is 2.91. The molecule has 1 aromatic heterocycles. The number of hydrogen-bond acceptors (Lipinski definition) is 6. The second kappa shape index (κ2) is 9.79. The largest absolute Gasteiger partial charge is 0.486 e. The van der Waals surface area contributed by atoms with Crippen LogP contribution in [-0.2, 0) is 11.4 Å². The molecule has 0 radical (unpaired) electrons. The monoisotopic (exact) mass is 433 g/mol. The van der Waals surface area contributed by atoms with Crippen LogP contribution in [0, 0.1) is 11.6 Å². The maximum atomic E-state index is 13.6. The van der Waals surface area contributed by atoms with Crippen LogP contribution in [0.4, 0.5) is 8.78 Å². The number of halogens is 2. The van der Waals surface area contributed by atoms with Crippen LogP contribution in [0.1, 0.15) is 22.4 Å². The summed E-state index contributed by atoms with van der Waals surface area (Å²) in [6.45, 7) is 1.52. The highest BCUT2D eigenvalue weighted by Crippen LogP contribution is 2.17. The van der Waals surface area contributed by atoms with Gasteiger partial charge in [0.25, 0.3) is 11.8 Å². The first-order chi connectivity index (χ1) is 14.4. The number of amides is 2. The molecule has 2 aromatic carbocycles. The first-order valence-corrected chi connectivity index (χ1v) is 9.64. The van der Waals surface area contributed by atoms with Gasteiger partial charge in [-0.3, -0.25) is 20.4 Å². The highest BCUT2D eigenvalue weighted by atomic mass is 32.1. The van der Waals surface area contributed by atoms with E-state index in [2.05, 4.69) is 15.8 Å². The van der Waals surface area contributed by atoms with Crippen LogP contribution in [0.25, 0.3) is 0 Å². The Bertz CT molecular complexity index is 1030. The van der Waals surface area contributed by atoms with Crippen molar-refractivity contribution in [3.05, 3.63) is 76.2 Å². The van der Waals surface area contributed by atoms with Crippen molar-refractivity contribution in [1.29, 1.82) is 0 Å². The smallest absolute Gasteiger partial charge is 0.289 e. The minimum Gasteiger partial charge on any atom is -0.486 e. The minimum absolute atomic E-state index is 0.0724.